The molecule has 4 rings (SSSR count). The number of halogens is 9. The fourth-order valence-electron chi connectivity index (χ4n) is 5.11. The van der Waals surface area contributed by atoms with Crippen LogP contribution in [0.25, 0.3) is 11.4 Å². The average molecular weight is 644 g/mol. The maximum atomic E-state index is 13.8. The van der Waals surface area contributed by atoms with Crippen LogP contribution >= 0.6 is 0 Å². The number of hydrogen-bond donors (Lipinski definition) is 0. The van der Waals surface area contributed by atoms with E-state index >= 15 is 0 Å². The van der Waals surface area contributed by atoms with Crippen molar-refractivity contribution >= 4 is 17.6 Å². The molecule has 1 saturated heterocycles. The molecular weight excluding hydrogens is 617 g/mol. The molecule has 0 radical (unpaired) electrons. The Bertz CT molecular complexity index is 1590. The summed E-state index contributed by atoms with van der Waals surface area (Å²) in [5, 5.41) is 3.62. The molecule has 0 unspecified atom stereocenters. The first-order chi connectivity index (χ1) is 21.0. The van der Waals surface area contributed by atoms with Gasteiger partial charge in [-0.2, -0.15) is 44.6 Å². The summed E-state index contributed by atoms with van der Waals surface area (Å²) in [7, 11) is 1.32. The summed E-state index contributed by atoms with van der Waals surface area (Å²) in [6.07, 6.45) is -11.8. The smallest absolute Gasteiger partial charge is 0.298 e. The Morgan fingerprint density at radius 3 is 2.18 bits per heavy atom. The van der Waals surface area contributed by atoms with E-state index in [0.717, 1.165) is 11.6 Å². The van der Waals surface area contributed by atoms with Crippen LogP contribution in [0.1, 0.15) is 51.6 Å². The second kappa shape index (κ2) is 13.0. The van der Waals surface area contributed by atoms with Gasteiger partial charge in [0, 0.05) is 23.8 Å². The number of alkyl halides is 9. The van der Waals surface area contributed by atoms with Crippen molar-refractivity contribution in [1.29, 1.82) is 0 Å². The number of aldehydes is 1. The van der Waals surface area contributed by atoms with Crippen LogP contribution in [0.3, 0.4) is 0 Å². The van der Waals surface area contributed by atoms with E-state index in [0.29, 0.717) is 35.4 Å². The lowest BCUT2D eigenvalue weighted by atomic mass is 9.88. The van der Waals surface area contributed by atoms with Gasteiger partial charge in [-0.1, -0.05) is 36.9 Å². The number of benzene rings is 1. The fourth-order valence-corrected chi connectivity index (χ4v) is 5.11. The highest BCUT2D eigenvalue weighted by Crippen LogP contribution is 2.35. The monoisotopic (exact) mass is 643 g/mol. The van der Waals surface area contributed by atoms with Gasteiger partial charge in [0.1, 0.15) is 0 Å². The van der Waals surface area contributed by atoms with Crippen molar-refractivity contribution < 1.29 is 44.3 Å². The lowest BCUT2D eigenvalue weighted by Gasteiger charge is -2.32. The third-order valence-corrected chi connectivity index (χ3v) is 7.23. The summed E-state index contributed by atoms with van der Waals surface area (Å²) in [5.74, 6) is -0.448. The van der Waals surface area contributed by atoms with Crippen molar-refractivity contribution in [3.05, 3.63) is 95.0 Å². The van der Waals surface area contributed by atoms with Gasteiger partial charge in [0.05, 0.1) is 29.7 Å². The van der Waals surface area contributed by atoms with Gasteiger partial charge in [0.25, 0.3) is 0 Å². The molecule has 1 aromatic carbocycles. The van der Waals surface area contributed by atoms with Gasteiger partial charge in [-0.25, -0.2) is 9.67 Å². The molecule has 0 N–H and O–H groups in total. The van der Waals surface area contributed by atoms with Crippen LogP contribution in [0.5, 0.6) is 0 Å². The SMILES string of the molecule is C=C(/C=C(\C(=NC)c1ccc(C2CCN(CC(F)(F)F)CC2)cc1)c1cccc(-n2ncc(C=O)c2C(F)(F)F)n1)C(F)(F)F. The van der Waals surface area contributed by atoms with E-state index < -0.39 is 47.7 Å². The molecule has 2 aromatic heterocycles. The molecule has 1 fully saturated rings. The lowest BCUT2D eigenvalue weighted by Crippen LogP contribution is -2.39. The van der Waals surface area contributed by atoms with Crippen LogP contribution in [0.2, 0.25) is 0 Å². The predicted molar refractivity (Wildman–Crippen MR) is 148 cm³/mol. The zero-order chi connectivity index (χ0) is 33.2. The standard InChI is InChI=1S/C30H26F9N5O/c1-18(29(34,35)36)14-23(24-4-3-5-25(42-24)44-27(30(37,38)39)22(16-45)15-41-44)26(40-2)21-8-6-19(7-9-21)20-10-12-43(13-11-20)17-28(31,32)33/h3-9,14-16,20H,1,10-13,17H2,2H3/b23-14-,40-26?. The van der Waals surface area contributed by atoms with Crippen LogP contribution in [0.4, 0.5) is 39.5 Å². The molecular formula is C30H26F9N5O. The largest absolute Gasteiger partial charge is 0.434 e. The summed E-state index contributed by atoms with van der Waals surface area (Å²) in [6, 6.07) is 10.3. The number of aromatic nitrogens is 3. The quantitative estimate of drug-likeness (QED) is 0.111. The maximum absolute atomic E-state index is 13.8. The van der Waals surface area contributed by atoms with Crippen LogP contribution in [0.15, 0.2) is 71.9 Å². The van der Waals surface area contributed by atoms with Crippen molar-refractivity contribution in [3.63, 3.8) is 0 Å². The Labute approximate surface area is 251 Å². The Kier molecular flexibility index (Phi) is 9.71. The summed E-state index contributed by atoms with van der Waals surface area (Å²) in [6.45, 7) is 2.60. The minimum atomic E-state index is -5.00. The maximum Gasteiger partial charge on any atom is 0.434 e. The molecule has 1 aliphatic heterocycles. The van der Waals surface area contributed by atoms with Gasteiger partial charge in [0.2, 0.25) is 0 Å². The van der Waals surface area contributed by atoms with Gasteiger partial charge in [-0.15, -0.1) is 0 Å². The number of hydrogen-bond acceptors (Lipinski definition) is 5. The Morgan fingerprint density at radius 2 is 1.64 bits per heavy atom. The van der Waals surface area contributed by atoms with Crippen molar-refractivity contribution in [2.24, 2.45) is 4.99 Å². The van der Waals surface area contributed by atoms with Gasteiger partial charge >= 0.3 is 18.5 Å². The molecule has 0 spiro atoms. The van der Waals surface area contributed by atoms with Crippen LogP contribution in [-0.4, -0.2) is 70.7 Å². The van der Waals surface area contributed by atoms with Crippen LogP contribution in [-0.2, 0) is 6.18 Å². The van der Waals surface area contributed by atoms with E-state index in [1.165, 1.54) is 24.1 Å². The van der Waals surface area contributed by atoms with Crippen molar-refractivity contribution in [2.45, 2.75) is 37.3 Å². The number of carbonyl (C=O) groups is 1. The molecule has 6 nitrogen and oxygen atoms in total. The van der Waals surface area contributed by atoms with Crippen LogP contribution in [0, 0.1) is 0 Å². The molecule has 0 saturated carbocycles. The molecule has 0 aliphatic carbocycles. The molecule has 1 aliphatic rings. The first-order valence-corrected chi connectivity index (χ1v) is 13.4. The van der Waals surface area contributed by atoms with Gasteiger partial charge < -0.3 is 0 Å². The number of likely N-dealkylation sites (tertiary alicyclic amines) is 1. The minimum Gasteiger partial charge on any atom is -0.298 e. The normalized spacial score (nSPS) is 16.2. The number of pyridine rings is 1. The van der Waals surface area contributed by atoms with E-state index in [-0.39, 0.29) is 42.3 Å². The number of nitrogens with zero attached hydrogens (tertiary/aromatic N) is 5. The number of rotatable bonds is 8. The second-order valence-electron chi connectivity index (χ2n) is 10.3. The first-order valence-electron chi connectivity index (χ1n) is 13.4. The first kappa shape index (κ1) is 33.6. The third kappa shape index (κ3) is 8.07. The predicted octanol–water partition coefficient (Wildman–Crippen LogP) is 7.46. The fraction of sp³-hybridized carbons (Fsp3) is 0.333. The number of carbonyl (C=O) groups excluding carboxylic acids is 1. The third-order valence-electron chi connectivity index (χ3n) is 7.23. The molecule has 0 amide bonds. The molecule has 45 heavy (non-hydrogen) atoms. The molecule has 240 valence electrons. The molecule has 3 heterocycles. The van der Waals surface area contributed by atoms with E-state index in [9.17, 15) is 44.3 Å². The Balaban J connectivity index is 1.70. The highest BCUT2D eigenvalue weighted by atomic mass is 19.4. The van der Waals surface area contributed by atoms with E-state index in [1.54, 1.807) is 24.3 Å². The lowest BCUT2D eigenvalue weighted by molar-refractivity contribution is -0.148. The highest BCUT2D eigenvalue weighted by molar-refractivity contribution is 6.31. The van der Waals surface area contributed by atoms with Gasteiger partial charge in [-0.3, -0.25) is 14.7 Å². The van der Waals surface area contributed by atoms with Gasteiger partial charge in [-0.05, 0) is 55.6 Å². The zero-order valence-corrected chi connectivity index (χ0v) is 23.6. The molecule has 3 aromatic rings. The number of allylic oxidation sites excluding steroid dienone is 3. The minimum absolute atomic E-state index is 0.0155. The zero-order valence-electron chi connectivity index (χ0n) is 23.6. The molecule has 0 bridgehead atoms. The van der Waals surface area contributed by atoms with E-state index in [2.05, 4.69) is 21.7 Å². The van der Waals surface area contributed by atoms with E-state index in [4.69, 9.17) is 0 Å². The summed E-state index contributed by atoms with van der Waals surface area (Å²) in [5.41, 5.74) is -2.62. The summed E-state index contributed by atoms with van der Waals surface area (Å²) >= 11 is 0. The van der Waals surface area contributed by atoms with Crippen molar-refractivity contribution in [3.8, 4) is 5.82 Å². The Morgan fingerprint density at radius 1 is 1.00 bits per heavy atom. The number of piperidine rings is 1. The van der Waals surface area contributed by atoms with Crippen molar-refractivity contribution in [2.75, 3.05) is 26.7 Å². The van der Waals surface area contributed by atoms with Gasteiger partial charge in [0.15, 0.2) is 17.8 Å². The Hall–Kier alpha value is -4.27. The summed E-state index contributed by atoms with van der Waals surface area (Å²) in [4.78, 5) is 20.9. The average Bonchev–Trinajstić information content (AvgIpc) is 3.42. The van der Waals surface area contributed by atoms with Crippen LogP contribution < -0.4 is 0 Å². The second-order valence-corrected chi connectivity index (χ2v) is 10.3. The van der Waals surface area contributed by atoms with E-state index in [1.807, 2.05) is 0 Å². The topological polar surface area (TPSA) is 63.4 Å². The highest BCUT2D eigenvalue weighted by Gasteiger charge is 2.39. The number of aliphatic imine (C=N–C) groups is 1. The molecule has 15 heteroatoms. The molecule has 0 atom stereocenters. The summed E-state index contributed by atoms with van der Waals surface area (Å²) < 4.78 is 121. The van der Waals surface area contributed by atoms with Crippen molar-refractivity contribution in [1.82, 2.24) is 19.7 Å².